The minimum atomic E-state index is -3.69. The zero-order valence-electron chi connectivity index (χ0n) is 17.2. The number of hydrogen-bond donors (Lipinski definition) is 2. The third-order valence-electron chi connectivity index (χ3n) is 3.46. The third-order valence-corrected chi connectivity index (χ3v) is 5.27. The van der Waals surface area contributed by atoms with Crippen molar-refractivity contribution in [3.05, 3.63) is 48.5 Å². The number of amides is 1. The van der Waals surface area contributed by atoms with Crippen LogP contribution in [0.25, 0.3) is 11.1 Å². The van der Waals surface area contributed by atoms with Crippen LogP contribution in [0.15, 0.2) is 53.4 Å². The van der Waals surface area contributed by atoms with Gasteiger partial charge in [0.15, 0.2) is 0 Å². The first kappa shape index (κ1) is 21.9. The second-order valence-corrected chi connectivity index (χ2v) is 10.2. The summed E-state index contributed by atoms with van der Waals surface area (Å²) >= 11 is 0. The van der Waals surface area contributed by atoms with Gasteiger partial charge in [-0.25, -0.2) is 17.9 Å². The van der Waals surface area contributed by atoms with Crippen LogP contribution >= 0.6 is 0 Å². The fraction of sp³-hybridized carbons (Fsp3) is 0.381. The molecule has 2 rings (SSSR count). The average molecular weight is 405 g/mol. The van der Waals surface area contributed by atoms with Crippen molar-refractivity contribution in [2.24, 2.45) is 0 Å². The number of carbonyl (C=O) groups excluding carboxylic acids is 1. The quantitative estimate of drug-likeness (QED) is 0.768. The lowest BCUT2D eigenvalue weighted by atomic mass is 10.1. The van der Waals surface area contributed by atoms with Crippen molar-refractivity contribution in [2.75, 3.05) is 5.32 Å². The molecule has 2 N–H and O–H groups in total. The number of sulfonamides is 1. The van der Waals surface area contributed by atoms with Crippen LogP contribution in [-0.4, -0.2) is 25.7 Å². The number of ether oxygens (including phenoxy) is 1. The van der Waals surface area contributed by atoms with E-state index < -0.39 is 27.3 Å². The van der Waals surface area contributed by atoms with Crippen molar-refractivity contribution < 1.29 is 17.9 Å². The highest BCUT2D eigenvalue weighted by Crippen LogP contribution is 2.29. The molecule has 0 heterocycles. The van der Waals surface area contributed by atoms with Crippen LogP contribution in [0.3, 0.4) is 0 Å². The Morgan fingerprint density at radius 2 is 1.46 bits per heavy atom. The smallest absolute Gasteiger partial charge is 0.412 e. The summed E-state index contributed by atoms with van der Waals surface area (Å²) in [6, 6.07) is 13.8. The molecule has 0 atom stereocenters. The first-order valence-electron chi connectivity index (χ1n) is 9.00. The summed E-state index contributed by atoms with van der Waals surface area (Å²) in [4.78, 5) is 12.1. The highest BCUT2D eigenvalue weighted by Gasteiger charge is 2.24. The zero-order valence-corrected chi connectivity index (χ0v) is 18.0. The number of benzene rings is 2. The SMILES string of the molecule is CC(C)(C)NS(=O)(=O)c1ccccc1-c1ccc(NC(=O)OC(C)(C)C)cc1. The Morgan fingerprint density at radius 3 is 2.00 bits per heavy atom. The lowest BCUT2D eigenvalue weighted by Crippen LogP contribution is -2.40. The van der Waals surface area contributed by atoms with E-state index in [0.29, 0.717) is 11.3 Å². The van der Waals surface area contributed by atoms with Gasteiger partial charge in [0.1, 0.15) is 5.60 Å². The van der Waals surface area contributed by atoms with E-state index in [-0.39, 0.29) is 4.90 Å². The Hall–Kier alpha value is -2.38. The Balaban J connectivity index is 2.29. The minimum Gasteiger partial charge on any atom is -0.444 e. The van der Waals surface area contributed by atoms with E-state index in [4.69, 9.17) is 4.74 Å². The molecule has 6 nitrogen and oxygen atoms in total. The Morgan fingerprint density at radius 1 is 0.893 bits per heavy atom. The topological polar surface area (TPSA) is 84.5 Å². The van der Waals surface area contributed by atoms with Crippen LogP contribution in [0.1, 0.15) is 41.5 Å². The summed E-state index contributed by atoms with van der Waals surface area (Å²) in [6.07, 6.45) is -0.544. The van der Waals surface area contributed by atoms with Gasteiger partial charge < -0.3 is 4.74 Å². The predicted octanol–water partition coefficient (Wildman–Crippen LogP) is 4.78. The number of anilines is 1. The van der Waals surface area contributed by atoms with Gasteiger partial charge in [0.2, 0.25) is 10.0 Å². The highest BCUT2D eigenvalue weighted by atomic mass is 32.2. The van der Waals surface area contributed by atoms with Gasteiger partial charge in [-0.1, -0.05) is 30.3 Å². The molecule has 0 saturated carbocycles. The van der Waals surface area contributed by atoms with Crippen LogP contribution in [0, 0.1) is 0 Å². The molecule has 0 spiro atoms. The molecule has 0 saturated heterocycles. The van der Waals surface area contributed by atoms with Crippen molar-refractivity contribution in [3.63, 3.8) is 0 Å². The molecular formula is C21H28N2O4S. The second-order valence-electron chi connectivity index (χ2n) is 8.56. The van der Waals surface area contributed by atoms with Crippen molar-refractivity contribution in [2.45, 2.75) is 57.6 Å². The molecule has 0 unspecified atom stereocenters. The maximum atomic E-state index is 12.8. The van der Waals surface area contributed by atoms with Gasteiger partial charge in [-0.05, 0) is 65.3 Å². The first-order chi connectivity index (χ1) is 12.8. The van der Waals surface area contributed by atoms with Crippen molar-refractivity contribution in [1.29, 1.82) is 0 Å². The highest BCUT2D eigenvalue weighted by molar-refractivity contribution is 7.89. The molecule has 152 valence electrons. The van der Waals surface area contributed by atoms with E-state index in [0.717, 1.165) is 5.56 Å². The van der Waals surface area contributed by atoms with Gasteiger partial charge >= 0.3 is 6.09 Å². The molecule has 0 bridgehead atoms. The summed E-state index contributed by atoms with van der Waals surface area (Å²) in [5, 5.41) is 2.66. The summed E-state index contributed by atoms with van der Waals surface area (Å²) in [6.45, 7) is 10.8. The number of nitrogens with one attached hydrogen (secondary N) is 2. The summed E-state index contributed by atoms with van der Waals surface area (Å²) in [5.41, 5.74) is 0.698. The molecule has 0 fully saturated rings. The van der Waals surface area contributed by atoms with Gasteiger partial charge in [-0.15, -0.1) is 0 Å². The van der Waals surface area contributed by atoms with E-state index in [1.54, 1.807) is 90.1 Å². The Bertz CT molecular complexity index is 938. The molecule has 0 radical (unpaired) electrons. The molecule has 1 amide bonds. The van der Waals surface area contributed by atoms with E-state index >= 15 is 0 Å². The van der Waals surface area contributed by atoms with Gasteiger partial charge in [0.05, 0.1) is 4.90 Å². The lowest BCUT2D eigenvalue weighted by molar-refractivity contribution is 0.0636. The van der Waals surface area contributed by atoms with Crippen LogP contribution in [0.5, 0.6) is 0 Å². The normalized spacial score (nSPS) is 12.5. The van der Waals surface area contributed by atoms with Crippen LogP contribution in [0.4, 0.5) is 10.5 Å². The monoisotopic (exact) mass is 404 g/mol. The fourth-order valence-electron chi connectivity index (χ4n) is 2.55. The lowest BCUT2D eigenvalue weighted by Gasteiger charge is -2.21. The molecule has 7 heteroatoms. The van der Waals surface area contributed by atoms with E-state index in [2.05, 4.69) is 10.0 Å². The molecule has 0 aliphatic rings. The number of carbonyl (C=O) groups is 1. The number of rotatable bonds is 4. The largest absolute Gasteiger partial charge is 0.444 e. The summed E-state index contributed by atoms with van der Waals surface area (Å²) < 4.78 is 33.5. The van der Waals surface area contributed by atoms with Gasteiger partial charge in [0, 0.05) is 16.8 Å². The summed E-state index contributed by atoms with van der Waals surface area (Å²) in [7, 11) is -3.69. The molecular weight excluding hydrogens is 376 g/mol. The standard InChI is InChI=1S/C21H28N2O4S/c1-20(2,3)23-28(25,26)18-10-8-7-9-17(18)15-11-13-16(14-12-15)22-19(24)27-21(4,5)6/h7-14,23H,1-6H3,(H,22,24). The van der Waals surface area contributed by atoms with Gasteiger partial charge in [0.25, 0.3) is 0 Å². The van der Waals surface area contributed by atoms with Crippen LogP contribution < -0.4 is 10.0 Å². The van der Waals surface area contributed by atoms with Crippen LogP contribution in [-0.2, 0) is 14.8 Å². The molecule has 0 aliphatic carbocycles. The Kier molecular flexibility index (Phi) is 6.21. The summed E-state index contributed by atoms with van der Waals surface area (Å²) in [5.74, 6) is 0. The molecule has 0 aromatic heterocycles. The fourth-order valence-corrected chi connectivity index (χ4v) is 4.20. The van der Waals surface area contributed by atoms with E-state index in [1.807, 2.05) is 0 Å². The predicted molar refractivity (Wildman–Crippen MR) is 112 cm³/mol. The Labute approximate surface area is 167 Å². The third kappa shape index (κ3) is 6.35. The second kappa shape index (κ2) is 7.93. The van der Waals surface area contributed by atoms with Crippen molar-refractivity contribution >= 4 is 21.8 Å². The van der Waals surface area contributed by atoms with Gasteiger partial charge in [-0.2, -0.15) is 0 Å². The van der Waals surface area contributed by atoms with E-state index in [1.165, 1.54) is 0 Å². The average Bonchev–Trinajstić information content (AvgIpc) is 2.51. The minimum absolute atomic E-state index is 0.206. The van der Waals surface area contributed by atoms with Crippen molar-refractivity contribution in [3.8, 4) is 11.1 Å². The maximum Gasteiger partial charge on any atom is 0.412 e. The van der Waals surface area contributed by atoms with Gasteiger partial charge in [-0.3, -0.25) is 5.32 Å². The van der Waals surface area contributed by atoms with E-state index in [9.17, 15) is 13.2 Å². The molecule has 2 aromatic carbocycles. The molecule has 0 aliphatic heterocycles. The molecule has 28 heavy (non-hydrogen) atoms. The first-order valence-corrected chi connectivity index (χ1v) is 10.5. The maximum absolute atomic E-state index is 12.8. The van der Waals surface area contributed by atoms with Crippen molar-refractivity contribution in [1.82, 2.24) is 4.72 Å². The van der Waals surface area contributed by atoms with Crippen LogP contribution in [0.2, 0.25) is 0 Å². The number of hydrogen-bond acceptors (Lipinski definition) is 4. The molecule has 2 aromatic rings. The zero-order chi connectivity index (χ0) is 21.2.